The largest absolute Gasteiger partial charge is 0.459 e. The third-order valence-corrected chi connectivity index (χ3v) is 10.5. The van der Waals surface area contributed by atoms with Crippen molar-refractivity contribution in [3.63, 3.8) is 0 Å². The quantitative estimate of drug-likeness (QED) is 0.0806. The van der Waals surface area contributed by atoms with Crippen molar-refractivity contribution in [3.05, 3.63) is 93.3 Å². The van der Waals surface area contributed by atoms with E-state index in [0.717, 1.165) is 22.2 Å². The molecule has 5 rings (SSSR count). The van der Waals surface area contributed by atoms with Crippen molar-refractivity contribution in [2.24, 2.45) is 17.3 Å². The molecule has 0 bridgehead atoms. The monoisotopic (exact) mass is 765 g/mol. The van der Waals surface area contributed by atoms with Gasteiger partial charge >= 0.3 is 18.0 Å². The SMILES string of the molecule is CCOC(=O)c1nnc([C@@H](NC(=O)[C@]2(/C=C/C(=O)[C@@H](NC(=O)OCc3ccccc3)C(C)CC)CCc3[nH]c4c(Cl)cc(Cl)cc4c3C2)C(C)CC)o1. The minimum absolute atomic E-state index is 0.0485. The molecular formula is C39H45Cl2N5O7. The van der Waals surface area contributed by atoms with Crippen LogP contribution < -0.4 is 10.6 Å². The minimum atomic E-state index is -1.24. The fourth-order valence-electron chi connectivity index (χ4n) is 6.48. The molecule has 0 radical (unpaired) electrons. The van der Waals surface area contributed by atoms with E-state index in [1.165, 1.54) is 6.08 Å². The molecule has 2 aromatic carbocycles. The van der Waals surface area contributed by atoms with Crippen molar-refractivity contribution >= 4 is 57.9 Å². The average Bonchev–Trinajstić information content (AvgIpc) is 3.79. The van der Waals surface area contributed by atoms with E-state index in [9.17, 15) is 19.2 Å². The van der Waals surface area contributed by atoms with Gasteiger partial charge in [-0.1, -0.05) is 100 Å². The van der Waals surface area contributed by atoms with E-state index in [1.807, 2.05) is 64.1 Å². The van der Waals surface area contributed by atoms with Gasteiger partial charge in [-0.05, 0) is 67.4 Å². The number of aromatic nitrogens is 3. The summed E-state index contributed by atoms with van der Waals surface area (Å²) >= 11 is 13.0. The van der Waals surface area contributed by atoms with E-state index < -0.39 is 29.6 Å². The molecule has 1 aliphatic rings. The van der Waals surface area contributed by atoms with Crippen LogP contribution in [0.1, 0.15) is 93.3 Å². The summed E-state index contributed by atoms with van der Waals surface area (Å²) in [5.41, 5.74) is 2.05. The predicted octanol–water partition coefficient (Wildman–Crippen LogP) is 7.88. The summed E-state index contributed by atoms with van der Waals surface area (Å²) in [5.74, 6) is -2.20. The van der Waals surface area contributed by atoms with Gasteiger partial charge in [0, 0.05) is 16.1 Å². The third-order valence-electron chi connectivity index (χ3n) is 10.0. The first-order valence-corrected chi connectivity index (χ1v) is 18.6. The topological polar surface area (TPSA) is 166 Å². The number of amides is 2. The molecule has 0 saturated heterocycles. The Kier molecular flexibility index (Phi) is 13.0. The van der Waals surface area contributed by atoms with Gasteiger partial charge in [0.1, 0.15) is 12.6 Å². The molecule has 2 unspecified atom stereocenters. The highest BCUT2D eigenvalue weighted by Gasteiger charge is 2.43. The molecule has 3 N–H and O–H groups in total. The Morgan fingerprint density at radius 2 is 1.74 bits per heavy atom. The fraction of sp³-hybridized carbons (Fsp3) is 0.436. The average molecular weight is 767 g/mol. The summed E-state index contributed by atoms with van der Waals surface area (Å²) in [7, 11) is 0. The molecule has 2 aromatic heterocycles. The number of esters is 1. The minimum Gasteiger partial charge on any atom is -0.459 e. The van der Waals surface area contributed by atoms with Gasteiger partial charge in [0.05, 0.1) is 28.6 Å². The third kappa shape index (κ3) is 9.10. The van der Waals surface area contributed by atoms with Gasteiger partial charge in [-0.3, -0.25) is 9.59 Å². The predicted molar refractivity (Wildman–Crippen MR) is 201 cm³/mol. The van der Waals surface area contributed by atoms with Crippen LogP contribution in [0.25, 0.3) is 10.9 Å². The number of ketones is 1. The number of aryl methyl sites for hydroxylation is 1. The molecule has 2 heterocycles. The molecule has 0 spiro atoms. The van der Waals surface area contributed by atoms with Crippen molar-refractivity contribution in [1.82, 2.24) is 25.8 Å². The van der Waals surface area contributed by atoms with Gasteiger partial charge < -0.3 is 29.5 Å². The summed E-state index contributed by atoms with van der Waals surface area (Å²) in [6.07, 6.45) is 4.54. The zero-order chi connectivity index (χ0) is 38.3. The van der Waals surface area contributed by atoms with Crippen molar-refractivity contribution in [2.45, 2.75) is 85.4 Å². The van der Waals surface area contributed by atoms with Crippen LogP contribution in [0.2, 0.25) is 10.0 Å². The Bertz CT molecular complexity index is 1980. The van der Waals surface area contributed by atoms with E-state index >= 15 is 0 Å². The Hall–Kier alpha value is -4.68. The van der Waals surface area contributed by atoms with Crippen molar-refractivity contribution in [1.29, 1.82) is 0 Å². The summed E-state index contributed by atoms with van der Waals surface area (Å²) < 4.78 is 16.2. The summed E-state index contributed by atoms with van der Waals surface area (Å²) in [6.45, 7) is 9.52. The van der Waals surface area contributed by atoms with E-state index in [-0.39, 0.29) is 54.9 Å². The van der Waals surface area contributed by atoms with Gasteiger partial charge in [-0.15, -0.1) is 10.2 Å². The van der Waals surface area contributed by atoms with Crippen molar-refractivity contribution in [3.8, 4) is 0 Å². The van der Waals surface area contributed by atoms with Crippen LogP contribution in [0.4, 0.5) is 4.79 Å². The number of alkyl carbamates (subject to hydrolysis) is 1. The summed E-state index contributed by atoms with van der Waals surface area (Å²) in [5, 5.41) is 15.5. The second kappa shape index (κ2) is 17.4. The van der Waals surface area contributed by atoms with Crippen LogP contribution in [-0.4, -0.2) is 51.6 Å². The molecule has 282 valence electrons. The van der Waals surface area contributed by atoms with E-state index in [2.05, 4.69) is 25.8 Å². The normalized spacial score (nSPS) is 17.8. The first kappa shape index (κ1) is 39.5. The Balaban J connectivity index is 1.48. The first-order chi connectivity index (χ1) is 25.4. The van der Waals surface area contributed by atoms with Gasteiger partial charge in [0.2, 0.25) is 11.8 Å². The number of nitrogens with one attached hydrogen (secondary N) is 3. The number of benzene rings is 2. The fourth-order valence-corrected chi connectivity index (χ4v) is 7.02. The number of nitrogens with zero attached hydrogens (tertiary/aromatic N) is 2. The molecule has 1 aliphatic carbocycles. The lowest BCUT2D eigenvalue weighted by Gasteiger charge is -2.35. The van der Waals surface area contributed by atoms with Crippen LogP contribution in [0.15, 0.2) is 59.0 Å². The molecule has 0 saturated carbocycles. The zero-order valence-corrected chi connectivity index (χ0v) is 32.0. The lowest BCUT2D eigenvalue weighted by Crippen LogP contribution is -2.47. The van der Waals surface area contributed by atoms with E-state index in [4.69, 9.17) is 37.1 Å². The number of carbonyl (C=O) groups excluding carboxylic acids is 4. The highest BCUT2D eigenvalue weighted by Crippen LogP contribution is 2.43. The van der Waals surface area contributed by atoms with Gasteiger partial charge in [0.25, 0.3) is 0 Å². The van der Waals surface area contributed by atoms with Crippen molar-refractivity contribution in [2.75, 3.05) is 6.61 Å². The number of ether oxygens (including phenoxy) is 2. The van der Waals surface area contributed by atoms with Gasteiger partial charge in [0.15, 0.2) is 5.78 Å². The standard InChI is InChI=1S/C39H45Cl2N5O7/c1-6-22(4)31(44-38(50)52-21-24-12-10-9-11-13-24)30(47)15-17-39(16-14-29-27(20-39)26-18-25(40)19-28(41)33(26)42-29)37(49)43-32(23(5)7-2)34-45-46-35(53-34)36(48)51-8-3/h9-13,15,17-19,22-23,31-32,42H,6-8,14,16,20-21H2,1-5H3,(H,43,49)(H,44,50)/b17-15+/t22?,23?,31-,32-,39-/m0/s1. The van der Waals surface area contributed by atoms with Crippen LogP contribution in [0.5, 0.6) is 0 Å². The first-order valence-electron chi connectivity index (χ1n) is 17.9. The maximum Gasteiger partial charge on any atom is 0.408 e. The lowest BCUT2D eigenvalue weighted by atomic mass is 9.71. The molecule has 5 atom stereocenters. The number of carbonyl (C=O) groups is 4. The zero-order valence-electron chi connectivity index (χ0n) is 30.5. The van der Waals surface area contributed by atoms with Crippen LogP contribution in [0.3, 0.4) is 0 Å². The number of fused-ring (bicyclic) bond motifs is 3. The number of aromatic amines is 1. The van der Waals surface area contributed by atoms with Gasteiger partial charge in [-0.2, -0.15) is 0 Å². The molecular weight excluding hydrogens is 721 g/mol. The van der Waals surface area contributed by atoms with Crippen LogP contribution in [-0.2, 0) is 38.5 Å². The molecule has 14 heteroatoms. The molecule has 0 fully saturated rings. The Morgan fingerprint density at radius 1 is 1.00 bits per heavy atom. The Labute approximate surface area is 318 Å². The van der Waals surface area contributed by atoms with Crippen molar-refractivity contribution < 1.29 is 33.1 Å². The van der Waals surface area contributed by atoms with E-state index in [1.54, 1.807) is 19.1 Å². The number of hydrogen-bond donors (Lipinski definition) is 3. The second-order valence-electron chi connectivity index (χ2n) is 13.5. The number of hydrogen-bond acceptors (Lipinski definition) is 9. The number of halogens is 2. The van der Waals surface area contributed by atoms with Crippen LogP contribution >= 0.6 is 23.2 Å². The smallest absolute Gasteiger partial charge is 0.408 e. The summed E-state index contributed by atoms with van der Waals surface area (Å²) in [4.78, 5) is 57.3. The maximum atomic E-state index is 14.7. The van der Waals surface area contributed by atoms with E-state index in [0.29, 0.717) is 41.2 Å². The molecule has 0 aliphatic heterocycles. The molecule has 2 amide bonds. The highest BCUT2D eigenvalue weighted by atomic mass is 35.5. The maximum absolute atomic E-state index is 14.7. The number of rotatable bonds is 15. The molecule has 53 heavy (non-hydrogen) atoms. The lowest BCUT2D eigenvalue weighted by molar-refractivity contribution is -0.130. The van der Waals surface area contributed by atoms with Crippen LogP contribution in [0, 0.1) is 17.3 Å². The molecule has 12 nitrogen and oxygen atoms in total. The highest BCUT2D eigenvalue weighted by molar-refractivity contribution is 6.38. The Morgan fingerprint density at radius 3 is 2.43 bits per heavy atom. The second-order valence-corrected chi connectivity index (χ2v) is 14.4. The summed E-state index contributed by atoms with van der Waals surface area (Å²) in [6, 6.07) is 11.0. The molecule has 4 aromatic rings. The van der Waals surface area contributed by atoms with Gasteiger partial charge in [-0.25, -0.2) is 9.59 Å². The number of H-pyrrole nitrogens is 1.